The van der Waals surface area contributed by atoms with Crippen LogP contribution >= 0.6 is 11.6 Å². The van der Waals surface area contributed by atoms with E-state index in [2.05, 4.69) is 12.2 Å². The molecule has 0 fully saturated rings. The van der Waals surface area contributed by atoms with Gasteiger partial charge in [0.15, 0.2) is 5.78 Å². The number of halogens is 1. The Balaban J connectivity index is 2.33. The molecule has 3 heteroatoms. The monoisotopic (exact) mass is 209 g/mol. The first-order valence-electron chi connectivity index (χ1n) is 4.69. The second kappa shape index (κ2) is 3.62. The number of Topliss-reactive ketones (excluding diaryl/α,β-unsaturated/α-hetero) is 1. The lowest BCUT2D eigenvalue weighted by Crippen LogP contribution is -2.08. The van der Waals surface area contributed by atoms with Crippen molar-refractivity contribution in [3.8, 4) is 0 Å². The van der Waals surface area contributed by atoms with Gasteiger partial charge >= 0.3 is 0 Å². The van der Waals surface area contributed by atoms with E-state index in [-0.39, 0.29) is 11.7 Å². The van der Waals surface area contributed by atoms with Crippen LogP contribution in [0.5, 0.6) is 0 Å². The number of anilines is 1. The van der Waals surface area contributed by atoms with Gasteiger partial charge in [0, 0.05) is 17.3 Å². The first-order valence-corrected chi connectivity index (χ1v) is 5.23. The predicted molar refractivity (Wildman–Crippen MR) is 58.3 cm³/mol. The Hall–Kier alpha value is -1.02. The maximum atomic E-state index is 11.3. The Labute approximate surface area is 88.3 Å². The van der Waals surface area contributed by atoms with Crippen molar-refractivity contribution >= 4 is 23.1 Å². The molecule has 0 radical (unpaired) electrons. The molecule has 1 aromatic rings. The lowest BCUT2D eigenvalue weighted by atomic mass is 10.0. The quantitative estimate of drug-likeness (QED) is 0.599. The summed E-state index contributed by atoms with van der Waals surface area (Å²) in [7, 11) is 0. The third kappa shape index (κ3) is 1.62. The van der Waals surface area contributed by atoms with Gasteiger partial charge in [-0.1, -0.05) is 0 Å². The van der Waals surface area contributed by atoms with Gasteiger partial charge in [-0.25, -0.2) is 0 Å². The first kappa shape index (κ1) is 9.53. The Morgan fingerprint density at radius 3 is 3.14 bits per heavy atom. The fourth-order valence-corrected chi connectivity index (χ4v) is 1.95. The SMILES string of the molecule is CC1Cc2cc(C(=O)CCl)ccc2N1. The van der Waals surface area contributed by atoms with Crippen LogP contribution in [0.15, 0.2) is 18.2 Å². The van der Waals surface area contributed by atoms with Crippen LogP contribution in [-0.4, -0.2) is 17.7 Å². The van der Waals surface area contributed by atoms with Crippen molar-refractivity contribution in [3.05, 3.63) is 29.3 Å². The van der Waals surface area contributed by atoms with Crippen LogP contribution in [0.25, 0.3) is 0 Å². The molecular formula is C11H12ClNO. The summed E-state index contributed by atoms with van der Waals surface area (Å²) in [6.07, 6.45) is 0.985. The van der Waals surface area contributed by atoms with Crippen molar-refractivity contribution < 1.29 is 4.79 Å². The van der Waals surface area contributed by atoms with Crippen LogP contribution in [0.4, 0.5) is 5.69 Å². The standard InChI is InChI=1S/C11H12ClNO/c1-7-4-9-5-8(11(14)6-12)2-3-10(9)13-7/h2-3,5,7,13H,4,6H2,1H3. The van der Waals surface area contributed by atoms with E-state index in [0.29, 0.717) is 6.04 Å². The molecule has 0 spiro atoms. The van der Waals surface area contributed by atoms with E-state index in [9.17, 15) is 4.79 Å². The number of nitrogens with one attached hydrogen (secondary N) is 1. The largest absolute Gasteiger partial charge is 0.382 e. The van der Waals surface area contributed by atoms with Gasteiger partial charge in [0.1, 0.15) is 0 Å². The van der Waals surface area contributed by atoms with Gasteiger partial charge in [-0.15, -0.1) is 11.6 Å². The normalized spacial score (nSPS) is 18.9. The topological polar surface area (TPSA) is 29.1 Å². The summed E-state index contributed by atoms with van der Waals surface area (Å²) in [5, 5.41) is 3.34. The number of carbonyl (C=O) groups is 1. The number of hydrogen-bond acceptors (Lipinski definition) is 2. The smallest absolute Gasteiger partial charge is 0.177 e. The number of carbonyl (C=O) groups excluding carboxylic acids is 1. The highest BCUT2D eigenvalue weighted by Crippen LogP contribution is 2.26. The second-order valence-corrected chi connectivity index (χ2v) is 3.95. The molecule has 74 valence electrons. The summed E-state index contributed by atoms with van der Waals surface area (Å²) in [5.74, 6) is 0.0518. The van der Waals surface area contributed by atoms with Gasteiger partial charge in [0.2, 0.25) is 0 Å². The zero-order chi connectivity index (χ0) is 10.1. The highest BCUT2D eigenvalue weighted by molar-refractivity contribution is 6.30. The molecule has 2 nitrogen and oxygen atoms in total. The lowest BCUT2D eigenvalue weighted by molar-refractivity contribution is 0.102. The summed E-state index contributed by atoms with van der Waals surface area (Å²) in [4.78, 5) is 11.3. The minimum absolute atomic E-state index is 0.00554. The van der Waals surface area contributed by atoms with Gasteiger partial charge in [0.05, 0.1) is 5.88 Å². The molecule has 2 rings (SSSR count). The molecule has 0 amide bonds. The van der Waals surface area contributed by atoms with E-state index in [0.717, 1.165) is 17.7 Å². The Morgan fingerprint density at radius 2 is 2.43 bits per heavy atom. The zero-order valence-electron chi connectivity index (χ0n) is 8.01. The van der Waals surface area contributed by atoms with E-state index < -0.39 is 0 Å². The summed E-state index contributed by atoms with van der Waals surface area (Å²) < 4.78 is 0. The molecule has 1 N–H and O–H groups in total. The molecule has 1 heterocycles. The van der Waals surface area contributed by atoms with Crippen molar-refractivity contribution in [3.63, 3.8) is 0 Å². The summed E-state index contributed by atoms with van der Waals surface area (Å²) in [6, 6.07) is 6.19. The highest BCUT2D eigenvalue weighted by Gasteiger charge is 2.17. The van der Waals surface area contributed by atoms with Crippen molar-refractivity contribution in [2.75, 3.05) is 11.2 Å². The van der Waals surface area contributed by atoms with Crippen molar-refractivity contribution in [2.45, 2.75) is 19.4 Å². The molecule has 0 aliphatic carbocycles. The minimum Gasteiger partial charge on any atom is -0.382 e. The van der Waals surface area contributed by atoms with Gasteiger partial charge in [0.25, 0.3) is 0 Å². The average molecular weight is 210 g/mol. The van der Waals surface area contributed by atoms with Gasteiger partial charge in [-0.3, -0.25) is 4.79 Å². The number of ketones is 1. The first-order chi connectivity index (χ1) is 6.70. The number of hydrogen-bond donors (Lipinski definition) is 1. The van der Waals surface area contributed by atoms with Crippen LogP contribution in [0.2, 0.25) is 0 Å². The number of fused-ring (bicyclic) bond motifs is 1. The van der Waals surface area contributed by atoms with E-state index >= 15 is 0 Å². The molecule has 0 saturated carbocycles. The Morgan fingerprint density at radius 1 is 1.64 bits per heavy atom. The van der Waals surface area contributed by atoms with E-state index in [1.165, 1.54) is 5.56 Å². The van der Waals surface area contributed by atoms with Gasteiger partial charge < -0.3 is 5.32 Å². The molecule has 1 aromatic carbocycles. The zero-order valence-corrected chi connectivity index (χ0v) is 8.77. The van der Waals surface area contributed by atoms with Crippen molar-refractivity contribution in [1.82, 2.24) is 0 Å². The summed E-state index contributed by atoms with van der Waals surface area (Å²) in [5.41, 5.74) is 3.08. The third-order valence-electron chi connectivity index (χ3n) is 2.48. The van der Waals surface area contributed by atoms with Crippen LogP contribution < -0.4 is 5.32 Å². The van der Waals surface area contributed by atoms with Crippen LogP contribution in [0, 0.1) is 0 Å². The van der Waals surface area contributed by atoms with E-state index in [4.69, 9.17) is 11.6 Å². The van der Waals surface area contributed by atoms with Crippen LogP contribution in [0.1, 0.15) is 22.8 Å². The Kier molecular flexibility index (Phi) is 2.46. The number of benzene rings is 1. The fraction of sp³-hybridized carbons (Fsp3) is 0.364. The molecule has 0 saturated heterocycles. The summed E-state index contributed by atoms with van der Waals surface area (Å²) in [6.45, 7) is 2.13. The van der Waals surface area contributed by atoms with Crippen molar-refractivity contribution in [2.24, 2.45) is 0 Å². The third-order valence-corrected chi connectivity index (χ3v) is 2.72. The number of alkyl halides is 1. The van der Waals surface area contributed by atoms with Crippen LogP contribution in [0.3, 0.4) is 0 Å². The molecular weight excluding hydrogens is 198 g/mol. The second-order valence-electron chi connectivity index (χ2n) is 3.68. The fourth-order valence-electron chi connectivity index (χ4n) is 1.80. The molecule has 1 atom stereocenters. The van der Waals surface area contributed by atoms with Gasteiger partial charge in [-0.2, -0.15) is 0 Å². The molecule has 14 heavy (non-hydrogen) atoms. The average Bonchev–Trinajstić information content (AvgIpc) is 2.55. The predicted octanol–water partition coefficient (Wildman–Crippen LogP) is 2.46. The molecule has 0 aromatic heterocycles. The molecule has 0 bridgehead atoms. The Bertz CT molecular complexity index is 376. The van der Waals surface area contributed by atoms with Crippen molar-refractivity contribution in [1.29, 1.82) is 0 Å². The maximum absolute atomic E-state index is 11.3. The summed E-state index contributed by atoms with van der Waals surface area (Å²) >= 11 is 5.50. The molecule has 1 aliphatic heterocycles. The lowest BCUT2D eigenvalue weighted by Gasteiger charge is -2.02. The van der Waals surface area contributed by atoms with Gasteiger partial charge in [-0.05, 0) is 37.1 Å². The maximum Gasteiger partial charge on any atom is 0.177 e. The minimum atomic E-state index is -0.00554. The highest BCUT2D eigenvalue weighted by atomic mass is 35.5. The number of rotatable bonds is 2. The van der Waals surface area contributed by atoms with E-state index in [1.807, 2.05) is 18.2 Å². The molecule has 1 aliphatic rings. The molecule has 1 unspecified atom stereocenters. The van der Waals surface area contributed by atoms with E-state index in [1.54, 1.807) is 0 Å². The van der Waals surface area contributed by atoms with Crippen LogP contribution in [-0.2, 0) is 6.42 Å².